The molecule has 2 aromatic rings. The van der Waals surface area contributed by atoms with Gasteiger partial charge < -0.3 is 15.1 Å². The third-order valence-electron chi connectivity index (χ3n) is 5.61. The van der Waals surface area contributed by atoms with Crippen LogP contribution >= 0.6 is 11.8 Å². The van der Waals surface area contributed by atoms with Gasteiger partial charge >= 0.3 is 0 Å². The van der Waals surface area contributed by atoms with Gasteiger partial charge in [-0.15, -0.1) is 11.8 Å². The lowest BCUT2D eigenvalue weighted by Crippen LogP contribution is -2.39. The first-order valence-corrected chi connectivity index (χ1v) is 13.4. The summed E-state index contributed by atoms with van der Waals surface area (Å²) >= 11 is 1.32. The molecular formula is C23H27N3O5S2. The number of carbonyl (C=O) groups excluding carboxylic acids is 2. The number of thioether (sulfide) groups is 1. The highest BCUT2D eigenvalue weighted by Crippen LogP contribution is 2.33. The van der Waals surface area contributed by atoms with Gasteiger partial charge in [-0.2, -0.15) is 5.26 Å². The fraction of sp³-hybridized carbons (Fsp3) is 0.435. The van der Waals surface area contributed by atoms with Crippen LogP contribution in [0.15, 0.2) is 56.9 Å². The van der Waals surface area contributed by atoms with Gasteiger partial charge in [0.25, 0.3) is 0 Å². The van der Waals surface area contributed by atoms with Gasteiger partial charge in [0, 0.05) is 10.8 Å². The number of carbonyl (C=O) groups is 2. The molecule has 2 amide bonds. The number of hydrogen-bond acceptors (Lipinski definition) is 7. The normalized spacial score (nSPS) is 18.3. The molecule has 1 aliphatic carbocycles. The average molecular weight is 490 g/mol. The molecule has 2 atom stereocenters. The standard InChI is InChI=1S/C23H27N3O5S2/c24-11-12-25-23(28)21-6-2-1-4-17(21)16-33(29,30)20-9-7-19(8-10-20)32-15-22(27)26-14-18-5-3-13-31-18/h3,5,7-10,13,17,21H,1-2,4,6,12,14-16H2,(H,25,28)(H,26,27). The van der Waals surface area contributed by atoms with Crippen molar-refractivity contribution in [3.63, 3.8) is 0 Å². The number of sulfone groups is 1. The monoisotopic (exact) mass is 489 g/mol. The maximum Gasteiger partial charge on any atom is 0.230 e. The van der Waals surface area contributed by atoms with Gasteiger partial charge in [-0.25, -0.2) is 8.42 Å². The van der Waals surface area contributed by atoms with Crippen LogP contribution in [0.5, 0.6) is 0 Å². The molecule has 3 rings (SSSR count). The molecule has 33 heavy (non-hydrogen) atoms. The Kier molecular flexibility index (Phi) is 8.97. The minimum absolute atomic E-state index is 0.0746. The zero-order valence-electron chi connectivity index (χ0n) is 18.2. The number of nitriles is 1. The Labute approximate surface area is 198 Å². The fourth-order valence-electron chi connectivity index (χ4n) is 3.93. The Morgan fingerprint density at radius 2 is 1.88 bits per heavy atom. The summed E-state index contributed by atoms with van der Waals surface area (Å²) in [7, 11) is -3.57. The lowest BCUT2D eigenvalue weighted by molar-refractivity contribution is -0.127. The van der Waals surface area contributed by atoms with E-state index in [1.165, 1.54) is 11.8 Å². The van der Waals surface area contributed by atoms with Crippen molar-refractivity contribution in [1.29, 1.82) is 5.26 Å². The summed E-state index contributed by atoms with van der Waals surface area (Å²) in [6, 6.07) is 11.9. The number of amides is 2. The van der Waals surface area contributed by atoms with Crippen molar-refractivity contribution in [2.75, 3.05) is 18.1 Å². The Balaban J connectivity index is 1.54. The molecule has 1 fully saturated rings. The maximum atomic E-state index is 13.0. The van der Waals surface area contributed by atoms with E-state index in [1.54, 1.807) is 42.7 Å². The van der Waals surface area contributed by atoms with Crippen molar-refractivity contribution >= 4 is 33.4 Å². The van der Waals surface area contributed by atoms with Crippen LogP contribution in [-0.2, 0) is 26.0 Å². The van der Waals surface area contributed by atoms with Crippen molar-refractivity contribution in [1.82, 2.24) is 10.6 Å². The Morgan fingerprint density at radius 3 is 2.58 bits per heavy atom. The van der Waals surface area contributed by atoms with Crippen LogP contribution in [0.25, 0.3) is 0 Å². The zero-order chi connectivity index (χ0) is 23.7. The third kappa shape index (κ3) is 7.37. The van der Waals surface area contributed by atoms with Crippen LogP contribution in [0.4, 0.5) is 0 Å². The minimum Gasteiger partial charge on any atom is -0.467 e. The predicted octanol–water partition coefficient (Wildman–Crippen LogP) is 2.91. The highest BCUT2D eigenvalue weighted by atomic mass is 32.2. The molecule has 0 aliphatic heterocycles. The maximum absolute atomic E-state index is 13.0. The van der Waals surface area contributed by atoms with E-state index in [2.05, 4.69) is 10.6 Å². The molecule has 10 heteroatoms. The quantitative estimate of drug-likeness (QED) is 0.388. The van der Waals surface area contributed by atoms with E-state index in [9.17, 15) is 18.0 Å². The van der Waals surface area contributed by atoms with Crippen molar-refractivity contribution < 1.29 is 22.4 Å². The summed E-state index contributed by atoms with van der Waals surface area (Å²) in [5, 5.41) is 14.0. The molecule has 1 saturated carbocycles. The highest BCUT2D eigenvalue weighted by molar-refractivity contribution is 8.00. The van der Waals surface area contributed by atoms with E-state index in [1.807, 2.05) is 6.07 Å². The highest BCUT2D eigenvalue weighted by Gasteiger charge is 2.34. The summed E-state index contributed by atoms with van der Waals surface area (Å²) in [6.45, 7) is 0.245. The first-order chi connectivity index (χ1) is 15.9. The van der Waals surface area contributed by atoms with Crippen LogP contribution in [0.2, 0.25) is 0 Å². The number of furan rings is 1. The smallest absolute Gasteiger partial charge is 0.230 e. The molecule has 2 unspecified atom stereocenters. The number of nitrogens with zero attached hydrogens (tertiary/aromatic N) is 1. The molecule has 0 spiro atoms. The van der Waals surface area contributed by atoms with E-state index in [4.69, 9.17) is 9.68 Å². The van der Waals surface area contributed by atoms with E-state index in [0.29, 0.717) is 25.1 Å². The number of nitrogens with one attached hydrogen (secondary N) is 2. The lowest BCUT2D eigenvalue weighted by Gasteiger charge is -2.30. The van der Waals surface area contributed by atoms with Gasteiger partial charge in [0.05, 0.1) is 35.3 Å². The van der Waals surface area contributed by atoms with Gasteiger partial charge in [0.15, 0.2) is 9.84 Å². The Bertz CT molecular complexity index is 1080. The number of benzene rings is 1. The van der Waals surface area contributed by atoms with Gasteiger partial charge in [0.2, 0.25) is 11.8 Å². The second-order valence-corrected chi connectivity index (χ2v) is 11.0. The topological polar surface area (TPSA) is 129 Å². The van der Waals surface area contributed by atoms with Gasteiger partial charge in [-0.1, -0.05) is 12.8 Å². The van der Waals surface area contributed by atoms with Crippen LogP contribution in [0.3, 0.4) is 0 Å². The molecule has 8 nitrogen and oxygen atoms in total. The predicted molar refractivity (Wildman–Crippen MR) is 124 cm³/mol. The molecule has 0 saturated heterocycles. The fourth-order valence-corrected chi connectivity index (χ4v) is 6.36. The van der Waals surface area contributed by atoms with Crippen molar-refractivity contribution in [2.24, 2.45) is 11.8 Å². The molecular weight excluding hydrogens is 462 g/mol. The van der Waals surface area contributed by atoms with Crippen molar-refractivity contribution in [2.45, 2.75) is 42.0 Å². The molecule has 1 aromatic carbocycles. The summed E-state index contributed by atoms with van der Waals surface area (Å²) in [5.41, 5.74) is 0. The van der Waals surface area contributed by atoms with E-state index in [-0.39, 0.29) is 40.7 Å². The molecule has 1 aliphatic rings. The summed E-state index contributed by atoms with van der Waals surface area (Å²) in [6.07, 6.45) is 4.62. The van der Waals surface area contributed by atoms with E-state index < -0.39 is 15.8 Å². The van der Waals surface area contributed by atoms with E-state index >= 15 is 0 Å². The van der Waals surface area contributed by atoms with Crippen molar-refractivity contribution in [3.05, 3.63) is 48.4 Å². The second kappa shape index (κ2) is 11.9. The molecule has 0 radical (unpaired) electrons. The molecule has 1 heterocycles. The second-order valence-electron chi connectivity index (χ2n) is 7.92. The Morgan fingerprint density at radius 1 is 1.12 bits per heavy atom. The molecule has 1 aromatic heterocycles. The van der Waals surface area contributed by atoms with Crippen LogP contribution in [-0.4, -0.2) is 38.3 Å². The summed E-state index contributed by atoms with van der Waals surface area (Å²) < 4.78 is 31.2. The molecule has 2 N–H and O–H groups in total. The van der Waals surface area contributed by atoms with Crippen LogP contribution < -0.4 is 10.6 Å². The first kappa shape index (κ1) is 24.9. The Hall–Kier alpha value is -2.77. The number of hydrogen-bond donors (Lipinski definition) is 2. The summed E-state index contributed by atoms with van der Waals surface area (Å²) in [4.78, 5) is 25.4. The van der Waals surface area contributed by atoms with E-state index in [0.717, 1.165) is 17.7 Å². The lowest BCUT2D eigenvalue weighted by atomic mass is 9.80. The third-order valence-corrected chi connectivity index (χ3v) is 8.48. The average Bonchev–Trinajstić information content (AvgIpc) is 3.34. The largest absolute Gasteiger partial charge is 0.467 e. The number of rotatable bonds is 10. The molecule has 176 valence electrons. The summed E-state index contributed by atoms with van der Waals surface area (Å²) in [5.74, 6) is -0.274. The first-order valence-electron chi connectivity index (χ1n) is 10.8. The van der Waals surface area contributed by atoms with Gasteiger partial charge in [0.1, 0.15) is 12.3 Å². The minimum atomic E-state index is -3.57. The SMILES string of the molecule is N#CCNC(=O)C1CCCCC1CS(=O)(=O)c1ccc(SCC(=O)NCc2ccco2)cc1. The van der Waals surface area contributed by atoms with Crippen LogP contribution in [0, 0.1) is 23.2 Å². The zero-order valence-corrected chi connectivity index (χ0v) is 19.8. The van der Waals surface area contributed by atoms with Gasteiger partial charge in [-0.05, 0) is 55.2 Å². The van der Waals surface area contributed by atoms with Crippen molar-refractivity contribution in [3.8, 4) is 6.07 Å². The van der Waals surface area contributed by atoms with Gasteiger partial charge in [-0.3, -0.25) is 9.59 Å². The molecule has 0 bridgehead atoms. The van der Waals surface area contributed by atoms with Crippen LogP contribution in [0.1, 0.15) is 31.4 Å².